The maximum atomic E-state index is 13.4. The van der Waals surface area contributed by atoms with Crippen LogP contribution in [0.5, 0.6) is 5.75 Å². The van der Waals surface area contributed by atoms with Crippen molar-refractivity contribution < 1.29 is 31.1 Å². The van der Waals surface area contributed by atoms with Gasteiger partial charge in [0.2, 0.25) is 0 Å². The molecule has 1 N–H and O–H groups in total. The van der Waals surface area contributed by atoms with Crippen LogP contribution in [0.4, 0.5) is 24.5 Å². The number of aryl methyl sites for hydroxylation is 1. The van der Waals surface area contributed by atoms with Crippen LogP contribution in [-0.4, -0.2) is 32.0 Å². The van der Waals surface area contributed by atoms with E-state index in [4.69, 9.17) is 4.74 Å². The number of pyridine rings is 1. The van der Waals surface area contributed by atoms with E-state index < -0.39 is 33.2 Å². The fraction of sp³-hybridized carbons (Fsp3) is 0.182. The van der Waals surface area contributed by atoms with Crippen LogP contribution in [0.3, 0.4) is 0 Å². The number of hydrogen-bond acceptors (Lipinski definition) is 5. The van der Waals surface area contributed by atoms with E-state index >= 15 is 0 Å². The number of carbonyl (C=O) groups excluding carboxylic acids is 1. The van der Waals surface area contributed by atoms with Gasteiger partial charge in [-0.05, 0) is 54.6 Å². The first kappa shape index (κ1) is 23.4. The van der Waals surface area contributed by atoms with E-state index in [9.17, 15) is 31.2 Å². The van der Waals surface area contributed by atoms with Crippen LogP contribution < -0.4 is 19.9 Å². The van der Waals surface area contributed by atoms with Gasteiger partial charge < -0.3 is 14.6 Å². The molecule has 0 aliphatic carbocycles. The maximum absolute atomic E-state index is 13.4. The zero-order chi connectivity index (χ0) is 24.7. The van der Waals surface area contributed by atoms with E-state index in [0.29, 0.717) is 0 Å². The van der Waals surface area contributed by atoms with Gasteiger partial charge in [-0.3, -0.25) is 13.9 Å². The Morgan fingerprint density at radius 2 is 1.79 bits per heavy atom. The molecular weight excluding hydrogens is 475 g/mol. The minimum atomic E-state index is -4.56. The summed E-state index contributed by atoms with van der Waals surface area (Å²) in [6, 6.07) is 10.6. The monoisotopic (exact) mass is 493 g/mol. The Hall–Kier alpha value is -3.80. The molecule has 0 bridgehead atoms. The number of rotatable bonds is 3. The average Bonchev–Trinajstić information content (AvgIpc) is 2.91. The smallest absolute Gasteiger partial charge is 0.416 e. The van der Waals surface area contributed by atoms with Gasteiger partial charge in [-0.1, -0.05) is 0 Å². The Morgan fingerprint density at radius 1 is 1.09 bits per heavy atom. The first-order valence-electron chi connectivity index (χ1n) is 9.92. The first-order chi connectivity index (χ1) is 16.0. The summed E-state index contributed by atoms with van der Waals surface area (Å²) in [5.41, 5.74) is -1.44. The predicted molar refractivity (Wildman–Crippen MR) is 118 cm³/mol. The molecule has 2 aromatic carbocycles. The molecule has 0 spiro atoms. The van der Waals surface area contributed by atoms with Gasteiger partial charge in [0.1, 0.15) is 22.8 Å². The molecule has 8 nitrogen and oxygen atoms in total. The summed E-state index contributed by atoms with van der Waals surface area (Å²) in [4.78, 5) is 24.5. The fourth-order valence-electron chi connectivity index (χ4n) is 3.44. The normalized spacial score (nSPS) is 15.1. The Kier molecular flexibility index (Phi) is 5.86. The number of benzene rings is 2. The molecule has 0 saturated carbocycles. The van der Waals surface area contributed by atoms with Crippen molar-refractivity contribution in [2.75, 3.05) is 22.8 Å². The van der Waals surface area contributed by atoms with E-state index in [1.165, 1.54) is 48.1 Å². The second kappa shape index (κ2) is 8.52. The van der Waals surface area contributed by atoms with Crippen molar-refractivity contribution in [2.24, 2.45) is 7.05 Å². The topological polar surface area (TPSA) is 97.7 Å². The number of nitrogens with one attached hydrogen (secondary N) is 1. The van der Waals surface area contributed by atoms with Gasteiger partial charge in [0.05, 0.1) is 17.8 Å². The molecule has 12 heteroatoms. The van der Waals surface area contributed by atoms with Crippen LogP contribution in [0.2, 0.25) is 0 Å². The van der Waals surface area contributed by atoms with Gasteiger partial charge in [-0.2, -0.15) is 13.2 Å². The lowest BCUT2D eigenvalue weighted by molar-refractivity contribution is -0.137. The van der Waals surface area contributed by atoms with Crippen molar-refractivity contribution in [1.29, 1.82) is 0 Å². The number of halogens is 3. The average molecular weight is 493 g/mol. The molecule has 3 aromatic rings. The van der Waals surface area contributed by atoms with Gasteiger partial charge in [-0.15, -0.1) is 0 Å². The summed E-state index contributed by atoms with van der Waals surface area (Å²) in [5, 5.41) is 2.50. The third-order valence-electron chi connectivity index (χ3n) is 5.17. The Morgan fingerprint density at radius 3 is 2.47 bits per heavy atom. The zero-order valence-corrected chi connectivity index (χ0v) is 18.5. The highest BCUT2D eigenvalue weighted by molar-refractivity contribution is 7.93. The van der Waals surface area contributed by atoms with Crippen molar-refractivity contribution in [1.82, 2.24) is 4.57 Å². The molecular formula is C22H18F3N3O5S. The molecule has 1 amide bonds. The van der Waals surface area contributed by atoms with Crippen LogP contribution in [0, 0.1) is 0 Å². The molecule has 1 aromatic heterocycles. The molecule has 1 aliphatic heterocycles. The lowest BCUT2D eigenvalue weighted by Crippen LogP contribution is -2.32. The highest BCUT2D eigenvalue weighted by atomic mass is 32.2. The zero-order valence-electron chi connectivity index (χ0n) is 17.7. The first-order valence-corrected chi connectivity index (χ1v) is 11.4. The molecule has 0 radical (unpaired) electrons. The second-order valence-corrected chi connectivity index (χ2v) is 9.25. The number of aromatic nitrogens is 1. The van der Waals surface area contributed by atoms with Gasteiger partial charge in [0.15, 0.2) is 0 Å². The summed E-state index contributed by atoms with van der Waals surface area (Å²) in [6.45, 7) is -0.177. The molecule has 34 heavy (non-hydrogen) atoms. The van der Waals surface area contributed by atoms with Crippen molar-refractivity contribution >= 4 is 27.3 Å². The van der Waals surface area contributed by atoms with Crippen molar-refractivity contribution in [2.45, 2.75) is 11.1 Å². The van der Waals surface area contributed by atoms with Gasteiger partial charge in [0, 0.05) is 18.9 Å². The van der Waals surface area contributed by atoms with Crippen LogP contribution in [0.25, 0.3) is 0 Å². The number of hydrogen-bond donors (Lipinski definition) is 1. The highest BCUT2D eigenvalue weighted by Gasteiger charge is 2.34. The lowest BCUT2D eigenvalue weighted by atomic mass is 10.2. The number of amides is 1. The number of sulfonamides is 1. The lowest BCUT2D eigenvalue weighted by Gasteiger charge is -2.22. The van der Waals surface area contributed by atoms with Gasteiger partial charge in [0.25, 0.3) is 21.5 Å². The number of carbonyl (C=O) groups is 1. The molecule has 4 rings (SSSR count). The minimum Gasteiger partial charge on any atom is -0.490 e. The third kappa shape index (κ3) is 4.36. The number of ether oxygens (including phenoxy) is 1. The molecule has 2 heterocycles. The fourth-order valence-corrected chi connectivity index (χ4v) is 5.05. The van der Waals surface area contributed by atoms with Crippen molar-refractivity contribution in [3.8, 4) is 5.75 Å². The molecule has 1 aliphatic rings. The molecule has 0 atom stereocenters. The largest absolute Gasteiger partial charge is 0.490 e. The Labute approximate surface area is 192 Å². The Bertz CT molecular complexity index is 1420. The maximum Gasteiger partial charge on any atom is 0.416 e. The van der Waals surface area contributed by atoms with Crippen LogP contribution in [0.1, 0.15) is 15.9 Å². The van der Waals surface area contributed by atoms with Crippen LogP contribution >= 0.6 is 0 Å². The van der Waals surface area contributed by atoms with Crippen molar-refractivity contribution in [3.05, 3.63) is 82.3 Å². The number of alkyl halides is 3. The quantitative estimate of drug-likeness (QED) is 0.604. The minimum absolute atomic E-state index is 0.0306. The molecule has 0 unspecified atom stereocenters. The molecule has 178 valence electrons. The summed E-state index contributed by atoms with van der Waals surface area (Å²) in [7, 11) is -2.76. The summed E-state index contributed by atoms with van der Waals surface area (Å²) < 4.78 is 73.1. The molecule has 0 fully saturated rings. The van der Waals surface area contributed by atoms with E-state index in [2.05, 4.69) is 5.32 Å². The summed E-state index contributed by atoms with van der Waals surface area (Å²) >= 11 is 0. The van der Waals surface area contributed by atoms with Gasteiger partial charge in [-0.25, -0.2) is 8.42 Å². The van der Waals surface area contributed by atoms with E-state index in [-0.39, 0.29) is 40.7 Å². The Balaban J connectivity index is 1.68. The molecule has 0 saturated heterocycles. The van der Waals surface area contributed by atoms with E-state index in [1.807, 2.05) is 0 Å². The number of anilines is 2. The number of nitrogens with zero attached hydrogens (tertiary/aromatic N) is 2. The predicted octanol–water partition coefficient (Wildman–Crippen LogP) is 3.24. The number of fused-ring (bicyclic) bond motifs is 1. The van der Waals surface area contributed by atoms with E-state index in [1.54, 1.807) is 0 Å². The van der Waals surface area contributed by atoms with E-state index in [0.717, 1.165) is 28.6 Å². The van der Waals surface area contributed by atoms with Gasteiger partial charge >= 0.3 is 6.18 Å². The third-order valence-corrected chi connectivity index (χ3v) is 7.02. The van der Waals surface area contributed by atoms with Crippen molar-refractivity contribution in [3.63, 3.8) is 0 Å². The van der Waals surface area contributed by atoms with Crippen LogP contribution in [-0.2, 0) is 23.2 Å². The SMILES string of the molecule is Cn1cccc(C(=O)Nc2ccc3c(c2)S(=O)(=O)N(c2ccc(C(F)(F)F)cc2)CCO3)c1=O. The summed E-state index contributed by atoms with van der Waals surface area (Å²) in [6.07, 6.45) is -3.07. The standard InChI is InChI=1S/C22H18F3N3O5S/c1-27-10-2-3-17(21(27)30)20(29)26-15-6-9-18-19(13-15)34(31,32)28(11-12-33-18)16-7-4-14(5-8-16)22(23,24)25/h2-10,13H,11-12H2,1H3,(H,26,29). The van der Waals surface area contributed by atoms with Crippen LogP contribution in [0.15, 0.2) is 70.5 Å². The summed E-state index contributed by atoms with van der Waals surface area (Å²) in [5.74, 6) is -0.698. The second-order valence-electron chi connectivity index (χ2n) is 7.42. The highest BCUT2D eigenvalue weighted by Crippen LogP contribution is 2.36.